The molecule has 0 amide bonds. The Morgan fingerprint density at radius 2 is 2.16 bits per heavy atom. The molecular formula is C13H12BrIN2O2. The van der Waals surface area contributed by atoms with Gasteiger partial charge in [0, 0.05) is 4.47 Å². The molecule has 1 N–H and O–H groups in total. The van der Waals surface area contributed by atoms with Crippen LogP contribution in [0.2, 0.25) is 0 Å². The molecule has 0 radical (unpaired) electrons. The molecule has 4 nitrogen and oxygen atoms in total. The molecule has 0 aliphatic heterocycles. The lowest BCUT2D eigenvalue weighted by Crippen LogP contribution is -2.11. The molecule has 0 atom stereocenters. The summed E-state index contributed by atoms with van der Waals surface area (Å²) in [5.41, 5.74) is 0.862. The molecule has 0 aliphatic carbocycles. The van der Waals surface area contributed by atoms with Gasteiger partial charge in [0.2, 0.25) is 5.88 Å². The van der Waals surface area contributed by atoms with Crippen molar-refractivity contribution in [1.82, 2.24) is 9.97 Å². The second-order valence-corrected chi connectivity index (χ2v) is 6.28. The highest BCUT2D eigenvalue weighted by molar-refractivity contribution is 14.1. The number of ether oxygens (including phenoxy) is 1. The molecule has 0 fully saturated rings. The Kier molecular flexibility index (Phi) is 4.62. The zero-order chi connectivity index (χ0) is 14.0. The molecule has 0 spiro atoms. The van der Waals surface area contributed by atoms with Crippen molar-refractivity contribution < 1.29 is 4.74 Å². The van der Waals surface area contributed by atoms with Crippen molar-refractivity contribution in [1.29, 1.82) is 0 Å². The monoisotopic (exact) mass is 434 g/mol. The minimum absolute atomic E-state index is 0.200. The van der Waals surface area contributed by atoms with Gasteiger partial charge in [-0.3, -0.25) is 4.79 Å². The van der Waals surface area contributed by atoms with Gasteiger partial charge >= 0.3 is 0 Å². The van der Waals surface area contributed by atoms with Crippen molar-refractivity contribution in [3.05, 3.63) is 48.5 Å². The van der Waals surface area contributed by atoms with Gasteiger partial charge in [-0.1, -0.05) is 29.8 Å². The number of hydrogen-bond donors (Lipinski definition) is 1. The maximum atomic E-state index is 11.5. The first kappa shape index (κ1) is 14.5. The molecular weight excluding hydrogens is 423 g/mol. The zero-order valence-electron chi connectivity index (χ0n) is 10.4. The lowest BCUT2D eigenvalue weighted by Gasteiger charge is -2.14. The first-order valence-electron chi connectivity index (χ1n) is 5.69. The van der Waals surface area contributed by atoms with Crippen molar-refractivity contribution in [3.8, 4) is 11.6 Å². The van der Waals surface area contributed by atoms with E-state index in [0.717, 1.165) is 10.0 Å². The lowest BCUT2D eigenvalue weighted by molar-refractivity contribution is 0.448. The Hall–Kier alpha value is -0.890. The van der Waals surface area contributed by atoms with Gasteiger partial charge in [0.15, 0.2) is 0 Å². The first-order chi connectivity index (χ1) is 8.99. The van der Waals surface area contributed by atoms with Crippen molar-refractivity contribution in [3.63, 3.8) is 0 Å². The Bertz CT molecular complexity index is 655. The van der Waals surface area contributed by atoms with E-state index >= 15 is 0 Å². The minimum atomic E-state index is -0.200. The lowest BCUT2D eigenvalue weighted by atomic mass is 10.0. The third kappa shape index (κ3) is 3.36. The molecule has 0 saturated heterocycles. The summed E-state index contributed by atoms with van der Waals surface area (Å²) in [4.78, 5) is 18.1. The summed E-state index contributed by atoms with van der Waals surface area (Å²) in [6.07, 6.45) is 1.34. The Labute approximate surface area is 132 Å². The zero-order valence-corrected chi connectivity index (χ0v) is 14.1. The number of nitrogens with zero attached hydrogens (tertiary/aromatic N) is 1. The number of halogens is 2. The SMILES string of the molecule is CC(C)c1cc(Br)ccc1Oc1nc[nH]c(=O)c1I. The van der Waals surface area contributed by atoms with Crippen molar-refractivity contribution in [2.75, 3.05) is 0 Å². The van der Waals surface area contributed by atoms with E-state index in [4.69, 9.17) is 4.74 Å². The van der Waals surface area contributed by atoms with Crippen molar-refractivity contribution in [2.45, 2.75) is 19.8 Å². The van der Waals surface area contributed by atoms with Crippen LogP contribution in [0.5, 0.6) is 11.6 Å². The van der Waals surface area contributed by atoms with Crippen LogP contribution in [0.4, 0.5) is 0 Å². The highest BCUT2D eigenvalue weighted by atomic mass is 127. The van der Waals surface area contributed by atoms with Gasteiger partial charge in [0.05, 0.1) is 6.33 Å². The predicted molar refractivity (Wildman–Crippen MR) is 85.9 cm³/mol. The molecule has 0 saturated carbocycles. The van der Waals surface area contributed by atoms with Crippen molar-refractivity contribution in [2.24, 2.45) is 0 Å². The minimum Gasteiger partial charge on any atom is -0.437 e. The fourth-order valence-corrected chi connectivity index (χ4v) is 2.39. The van der Waals surface area contributed by atoms with Crippen LogP contribution in [0, 0.1) is 3.57 Å². The summed E-state index contributed by atoms with van der Waals surface area (Å²) >= 11 is 5.38. The predicted octanol–water partition coefficient (Wildman–Crippen LogP) is 4.05. The third-order valence-electron chi connectivity index (χ3n) is 2.57. The van der Waals surface area contributed by atoms with Crippen LogP contribution in [0.25, 0.3) is 0 Å². The van der Waals surface area contributed by atoms with E-state index in [1.54, 1.807) is 0 Å². The molecule has 2 rings (SSSR count). The molecule has 19 heavy (non-hydrogen) atoms. The van der Waals surface area contributed by atoms with Crippen LogP contribution in [0.1, 0.15) is 25.3 Å². The number of benzene rings is 1. The summed E-state index contributed by atoms with van der Waals surface area (Å²) in [7, 11) is 0. The summed E-state index contributed by atoms with van der Waals surface area (Å²) in [5.74, 6) is 1.36. The number of rotatable bonds is 3. The summed E-state index contributed by atoms with van der Waals surface area (Å²) in [5, 5.41) is 0. The number of aromatic amines is 1. The summed E-state index contributed by atoms with van der Waals surface area (Å²) in [6, 6.07) is 5.79. The highest BCUT2D eigenvalue weighted by Crippen LogP contribution is 2.32. The third-order valence-corrected chi connectivity index (χ3v) is 4.01. The Morgan fingerprint density at radius 3 is 2.84 bits per heavy atom. The standard InChI is InChI=1S/C13H12BrIN2O2/c1-7(2)9-5-8(14)3-4-10(9)19-13-11(15)12(18)16-6-17-13/h3-7H,1-2H3,(H,16,17,18). The van der Waals surface area contributed by atoms with Gasteiger partial charge in [0.1, 0.15) is 9.32 Å². The second kappa shape index (κ2) is 6.04. The smallest absolute Gasteiger partial charge is 0.268 e. The quantitative estimate of drug-likeness (QED) is 0.741. The fraction of sp³-hybridized carbons (Fsp3) is 0.231. The molecule has 0 bridgehead atoms. The second-order valence-electron chi connectivity index (χ2n) is 4.29. The van der Waals surface area contributed by atoms with E-state index in [1.807, 2.05) is 40.8 Å². The average molecular weight is 435 g/mol. The van der Waals surface area contributed by atoms with Crippen LogP contribution in [-0.2, 0) is 0 Å². The molecule has 1 aromatic carbocycles. The van der Waals surface area contributed by atoms with Gasteiger partial charge in [-0.25, -0.2) is 4.98 Å². The molecule has 100 valence electrons. The van der Waals surface area contributed by atoms with Crippen LogP contribution in [-0.4, -0.2) is 9.97 Å². The molecule has 2 aromatic rings. The number of aromatic nitrogens is 2. The van der Waals surface area contributed by atoms with Gasteiger partial charge in [0.25, 0.3) is 5.56 Å². The fourth-order valence-electron chi connectivity index (χ4n) is 1.61. The summed E-state index contributed by atoms with van der Waals surface area (Å²) in [6.45, 7) is 4.18. The number of H-pyrrole nitrogens is 1. The van der Waals surface area contributed by atoms with Crippen LogP contribution in [0.15, 0.2) is 33.8 Å². The topological polar surface area (TPSA) is 55.0 Å². The van der Waals surface area contributed by atoms with Gasteiger partial charge in [-0.15, -0.1) is 0 Å². The van der Waals surface area contributed by atoms with E-state index < -0.39 is 0 Å². The molecule has 0 unspecified atom stereocenters. The molecule has 1 aromatic heterocycles. The highest BCUT2D eigenvalue weighted by Gasteiger charge is 2.13. The average Bonchev–Trinajstić information content (AvgIpc) is 2.36. The number of nitrogens with one attached hydrogen (secondary N) is 1. The van der Waals surface area contributed by atoms with Crippen LogP contribution >= 0.6 is 38.5 Å². The van der Waals surface area contributed by atoms with E-state index in [1.165, 1.54) is 6.33 Å². The molecule has 1 heterocycles. The first-order valence-corrected chi connectivity index (χ1v) is 7.56. The van der Waals surface area contributed by atoms with E-state index in [9.17, 15) is 4.79 Å². The van der Waals surface area contributed by atoms with Crippen LogP contribution < -0.4 is 10.3 Å². The Balaban J connectivity index is 2.44. The largest absolute Gasteiger partial charge is 0.437 e. The van der Waals surface area contributed by atoms with Crippen LogP contribution in [0.3, 0.4) is 0 Å². The van der Waals surface area contributed by atoms with E-state index in [0.29, 0.717) is 21.1 Å². The van der Waals surface area contributed by atoms with E-state index in [2.05, 4.69) is 39.7 Å². The van der Waals surface area contributed by atoms with Gasteiger partial charge in [-0.2, -0.15) is 0 Å². The number of hydrogen-bond acceptors (Lipinski definition) is 3. The molecule has 0 aliphatic rings. The van der Waals surface area contributed by atoms with E-state index in [-0.39, 0.29) is 5.56 Å². The van der Waals surface area contributed by atoms with Gasteiger partial charge in [-0.05, 0) is 52.3 Å². The summed E-state index contributed by atoms with van der Waals surface area (Å²) < 4.78 is 7.22. The van der Waals surface area contributed by atoms with Gasteiger partial charge < -0.3 is 9.72 Å². The van der Waals surface area contributed by atoms with Crippen molar-refractivity contribution >= 4 is 38.5 Å². The maximum absolute atomic E-state index is 11.5. The maximum Gasteiger partial charge on any atom is 0.268 e. The Morgan fingerprint density at radius 1 is 1.42 bits per heavy atom. The molecule has 6 heteroatoms. The normalized spacial score (nSPS) is 10.8.